The maximum Gasteiger partial charge on any atom is 0.287 e. The van der Waals surface area contributed by atoms with Crippen LogP contribution in [0.15, 0.2) is 17.3 Å². The number of aliphatic hydroxyl groups excluding tert-OH is 1. The first-order valence-electron chi connectivity index (χ1n) is 5.30. The molecule has 0 saturated carbocycles. The molecule has 2 N–H and O–H groups in total. The number of hydrogen-bond acceptors (Lipinski definition) is 4. The second-order valence-corrected chi connectivity index (χ2v) is 3.75. The average molecular weight is 233 g/mol. The predicted molar refractivity (Wildman–Crippen MR) is 60.7 cm³/mol. The van der Waals surface area contributed by atoms with Crippen LogP contribution in [0, 0.1) is 0 Å². The third-order valence-electron chi connectivity index (χ3n) is 2.74. The van der Waals surface area contributed by atoms with Gasteiger partial charge in [-0.15, -0.1) is 0 Å². The summed E-state index contributed by atoms with van der Waals surface area (Å²) in [6, 6.07) is 0. The molecule has 3 rings (SSSR count). The number of nitrogens with one attached hydrogen (secondary N) is 1. The second kappa shape index (κ2) is 3.42. The lowest BCUT2D eigenvalue weighted by molar-refractivity contribution is 0.277. The Kier molecular flexibility index (Phi) is 2.02. The Morgan fingerprint density at radius 1 is 1.53 bits per heavy atom. The van der Waals surface area contributed by atoms with Gasteiger partial charge in [0.15, 0.2) is 11.2 Å². The Morgan fingerprint density at radius 3 is 3.06 bits per heavy atom. The molecule has 0 radical (unpaired) electrons. The van der Waals surface area contributed by atoms with Gasteiger partial charge < -0.3 is 14.7 Å². The summed E-state index contributed by atoms with van der Waals surface area (Å²) in [6.45, 7) is 2.50. The zero-order valence-corrected chi connectivity index (χ0v) is 9.21. The summed E-state index contributed by atoms with van der Waals surface area (Å²) in [7, 11) is 0. The molecule has 17 heavy (non-hydrogen) atoms. The Morgan fingerprint density at radius 2 is 2.35 bits per heavy atom. The van der Waals surface area contributed by atoms with Gasteiger partial charge in [-0.3, -0.25) is 4.79 Å². The van der Waals surface area contributed by atoms with E-state index in [4.69, 9.17) is 5.11 Å². The van der Waals surface area contributed by atoms with Crippen molar-refractivity contribution in [1.29, 1.82) is 0 Å². The van der Waals surface area contributed by atoms with Gasteiger partial charge in [-0.25, -0.2) is 9.38 Å². The Balaban J connectivity index is 2.47. The summed E-state index contributed by atoms with van der Waals surface area (Å²) in [5.74, 6) is 0.418. The fourth-order valence-corrected chi connectivity index (χ4v) is 1.86. The zero-order valence-electron chi connectivity index (χ0n) is 9.21. The van der Waals surface area contributed by atoms with Gasteiger partial charge in [0.05, 0.1) is 18.6 Å². The second-order valence-electron chi connectivity index (χ2n) is 3.75. The van der Waals surface area contributed by atoms with Crippen LogP contribution >= 0.6 is 0 Å². The average Bonchev–Trinajstić information content (AvgIpc) is 2.92. The minimum Gasteiger partial charge on any atom is -0.390 e. The van der Waals surface area contributed by atoms with Crippen molar-refractivity contribution in [3.63, 3.8) is 0 Å². The van der Waals surface area contributed by atoms with Crippen LogP contribution < -0.4 is 5.56 Å². The minimum absolute atomic E-state index is 0.159. The van der Waals surface area contributed by atoms with Crippen LogP contribution in [0.1, 0.15) is 12.6 Å². The summed E-state index contributed by atoms with van der Waals surface area (Å²) < 4.78 is 3.16. The van der Waals surface area contributed by atoms with Gasteiger partial charge >= 0.3 is 0 Å². The number of aryl methyl sites for hydroxylation is 1. The molecule has 0 spiro atoms. The molecule has 0 atom stereocenters. The molecule has 3 aromatic rings. The van der Waals surface area contributed by atoms with E-state index in [9.17, 15) is 4.79 Å². The van der Waals surface area contributed by atoms with Crippen LogP contribution in [0.2, 0.25) is 0 Å². The van der Waals surface area contributed by atoms with Crippen molar-refractivity contribution in [1.82, 2.24) is 23.9 Å². The Labute approximate surface area is 95.4 Å². The number of aliphatic hydroxyl groups is 1. The molecule has 7 heteroatoms. The number of imidazole rings is 2. The normalized spacial score (nSPS) is 11.6. The molecule has 0 aromatic carbocycles. The number of H-pyrrole nitrogens is 1. The van der Waals surface area contributed by atoms with Gasteiger partial charge in [0, 0.05) is 12.7 Å². The fraction of sp³-hybridized carbons (Fsp3) is 0.300. The summed E-state index contributed by atoms with van der Waals surface area (Å²) in [6.07, 6.45) is 3.14. The highest BCUT2D eigenvalue weighted by atomic mass is 16.3. The van der Waals surface area contributed by atoms with Crippen LogP contribution in [0.25, 0.3) is 16.9 Å². The molecule has 3 heterocycles. The highest BCUT2D eigenvalue weighted by molar-refractivity contribution is 5.71. The van der Waals surface area contributed by atoms with Gasteiger partial charge in [0.25, 0.3) is 5.56 Å². The predicted octanol–water partition coefficient (Wildman–Crippen LogP) is -0.116. The van der Waals surface area contributed by atoms with Crippen molar-refractivity contribution in [2.24, 2.45) is 0 Å². The topological polar surface area (TPSA) is 88.2 Å². The lowest BCUT2D eigenvalue weighted by Crippen LogP contribution is -2.14. The molecule has 0 bridgehead atoms. The quantitative estimate of drug-likeness (QED) is 0.646. The van der Waals surface area contributed by atoms with Gasteiger partial charge in [0.1, 0.15) is 0 Å². The van der Waals surface area contributed by atoms with Gasteiger partial charge in [-0.05, 0) is 6.92 Å². The molecule has 88 valence electrons. The molecule has 0 fully saturated rings. The van der Waals surface area contributed by atoms with Gasteiger partial charge in [-0.2, -0.15) is 4.98 Å². The number of fused-ring (bicyclic) bond motifs is 2. The third-order valence-corrected chi connectivity index (χ3v) is 2.74. The van der Waals surface area contributed by atoms with E-state index in [1.54, 1.807) is 10.9 Å². The minimum atomic E-state index is -0.229. The molecule has 0 saturated heterocycles. The van der Waals surface area contributed by atoms with Crippen LogP contribution in [-0.4, -0.2) is 29.0 Å². The fourth-order valence-electron chi connectivity index (χ4n) is 1.86. The SMILES string of the molecule is CCn1cnc2c(=O)n3cc(CO)[nH]c3nc21. The lowest BCUT2D eigenvalue weighted by atomic mass is 10.5. The van der Waals surface area contributed by atoms with E-state index in [1.807, 2.05) is 6.92 Å². The van der Waals surface area contributed by atoms with Crippen molar-refractivity contribution in [3.05, 3.63) is 28.6 Å². The molecule has 0 unspecified atom stereocenters. The molecule has 0 aliphatic rings. The molecular weight excluding hydrogens is 222 g/mol. The van der Waals surface area contributed by atoms with Crippen LogP contribution in [0.3, 0.4) is 0 Å². The summed E-state index contributed by atoms with van der Waals surface area (Å²) in [5.41, 5.74) is 1.22. The number of rotatable bonds is 2. The van der Waals surface area contributed by atoms with E-state index in [0.717, 1.165) is 0 Å². The maximum absolute atomic E-state index is 12.1. The van der Waals surface area contributed by atoms with Gasteiger partial charge in [-0.1, -0.05) is 0 Å². The zero-order chi connectivity index (χ0) is 12.0. The first kappa shape index (κ1) is 10.0. The van der Waals surface area contributed by atoms with Gasteiger partial charge in [0.2, 0.25) is 5.78 Å². The van der Waals surface area contributed by atoms with E-state index >= 15 is 0 Å². The number of aromatic nitrogens is 5. The Hall–Kier alpha value is -2.15. The summed E-state index contributed by atoms with van der Waals surface area (Å²) in [4.78, 5) is 23.4. The van der Waals surface area contributed by atoms with Crippen molar-refractivity contribution in [3.8, 4) is 0 Å². The van der Waals surface area contributed by atoms with E-state index < -0.39 is 0 Å². The first-order valence-corrected chi connectivity index (χ1v) is 5.30. The summed E-state index contributed by atoms with van der Waals surface area (Å²) >= 11 is 0. The standard InChI is InChI=1S/C10H11N5O2/c1-2-14-5-11-7-8(14)13-10-12-6(4-16)3-15(10)9(7)17/h3,5,16H,2,4H2,1H3,(H,12,13). The van der Waals surface area contributed by atoms with E-state index in [0.29, 0.717) is 29.2 Å². The number of nitrogens with zero attached hydrogens (tertiary/aromatic N) is 4. The number of hydrogen-bond donors (Lipinski definition) is 2. The van der Waals surface area contributed by atoms with Crippen LogP contribution in [0.4, 0.5) is 0 Å². The molecule has 0 aliphatic heterocycles. The van der Waals surface area contributed by atoms with E-state index in [-0.39, 0.29) is 12.2 Å². The van der Waals surface area contributed by atoms with Crippen molar-refractivity contribution >= 4 is 16.9 Å². The van der Waals surface area contributed by atoms with Crippen molar-refractivity contribution in [2.75, 3.05) is 0 Å². The van der Waals surface area contributed by atoms with Crippen LogP contribution in [-0.2, 0) is 13.2 Å². The largest absolute Gasteiger partial charge is 0.390 e. The highest BCUT2D eigenvalue weighted by Crippen LogP contribution is 2.08. The molecule has 3 aromatic heterocycles. The van der Waals surface area contributed by atoms with Crippen molar-refractivity contribution < 1.29 is 5.11 Å². The Bertz CT molecular complexity index is 744. The smallest absolute Gasteiger partial charge is 0.287 e. The monoisotopic (exact) mass is 233 g/mol. The third kappa shape index (κ3) is 1.29. The van der Waals surface area contributed by atoms with E-state index in [1.165, 1.54) is 10.6 Å². The lowest BCUT2D eigenvalue weighted by Gasteiger charge is -1.97. The molecule has 7 nitrogen and oxygen atoms in total. The number of aromatic amines is 1. The molecule has 0 amide bonds. The summed E-state index contributed by atoms with van der Waals surface area (Å²) in [5, 5.41) is 9.02. The molecular formula is C10H11N5O2. The maximum atomic E-state index is 12.1. The molecule has 0 aliphatic carbocycles. The van der Waals surface area contributed by atoms with Crippen molar-refractivity contribution in [2.45, 2.75) is 20.1 Å². The highest BCUT2D eigenvalue weighted by Gasteiger charge is 2.12. The first-order chi connectivity index (χ1) is 8.24. The van der Waals surface area contributed by atoms with Crippen LogP contribution in [0.5, 0.6) is 0 Å². The van der Waals surface area contributed by atoms with E-state index in [2.05, 4.69) is 15.0 Å².